The minimum absolute atomic E-state index is 0.0746. The van der Waals surface area contributed by atoms with Gasteiger partial charge in [-0.05, 0) is 70.4 Å². The molecule has 0 bridgehead atoms. The standard InChI is InChI=1S/C29H34NO2/c1-28(2,3)26-19-23(20-27(32-26)29(4,5)6)9-8-22-11-13-25(31)24(18-22)12-10-21-14-16-30(7)17-15-21/h8-20H,1-7H3/q+1/p+1. The fourth-order valence-electron chi connectivity index (χ4n) is 3.17. The molecule has 166 valence electrons. The first-order valence-electron chi connectivity index (χ1n) is 11.1. The number of hydrogen-bond acceptors (Lipinski definition) is 1. The molecule has 2 aromatic heterocycles. The highest BCUT2D eigenvalue weighted by Crippen LogP contribution is 2.31. The molecule has 0 radical (unpaired) electrons. The first-order valence-corrected chi connectivity index (χ1v) is 11.1. The van der Waals surface area contributed by atoms with Gasteiger partial charge in [-0.2, -0.15) is 0 Å². The third-order valence-corrected chi connectivity index (χ3v) is 5.27. The number of phenols is 1. The summed E-state index contributed by atoms with van der Waals surface area (Å²) in [6, 6.07) is 14.0. The lowest BCUT2D eigenvalue weighted by Crippen LogP contribution is -2.25. The van der Waals surface area contributed by atoms with E-state index in [2.05, 4.69) is 65.8 Å². The number of nitrogens with zero attached hydrogens (tertiary/aromatic N) is 1. The van der Waals surface area contributed by atoms with Crippen molar-refractivity contribution in [2.75, 3.05) is 0 Å². The van der Waals surface area contributed by atoms with Crippen LogP contribution in [0.15, 0.2) is 59.3 Å². The minimum atomic E-state index is -0.0746. The number of aromatic nitrogens is 1. The number of pyridine rings is 1. The van der Waals surface area contributed by atoms with Crippen LogP contribution >= 0.6 is 0 Å². The summed E-state index contributed by atoms with van der Waals surface area (Å²) >= 11 is 0. The normalized spacial score (nSPS) is 12.7. The van der Waals surface area contributed by atoms with Crippen molar-refractivity contribution in [2.45, 2.75) is 52.4 Å². The van der Waals surface area contributed by atoms with Crippen LogP contribution in [0.4, 0.5) is 0 Å². The van der Waals surface area contributed by atoms with Gasteiger partial charge in [0.25, 0.3) is 0 Å². The number of aromatic hydroxyl groups is 1. The van der Waals surface area contributed by atoms with E-state index >= 15 is 0 Å². The molecule has 0 aliphatic heterocycles. The van der Waals surface area contributed by atoms with Crippen molar-refractivity contribution in [1.29, 1.82) is 0 Å². The van der Waals surface area contributed by atoms with Crippen molar-refractivity contribution < 1.29 is 14.1 Å². The second-order valence-electron chi connectivity index (χ2n) is 10.4. The molecule has 0 atom stereocenters. The van der Waals surface area contributed by atoms with Gasteiger partial charge in [-0.25, -0.2) is 8.98 Å². The number of rotatable bonds is 4. The van der Waals surface area contributed by atoms with Gasteiger partial charge >= 0.3 is 11.5 Å². The van der Waals surface area contributed by atoms with E-state index in [0.29, 0.717) is 0 Å². The van der Waals surface area contributed by atoms with Crippen LogP contribution in [0, 0.1) is 0 Å². The Balaban J connectivity index is 1.91. The molecule has 0 amide bonds. The Morgan fingerprint density at radius 2 is 1.22 bits per heavy atom. The maximum absolute atomic E-state index is 10.3. The molecule has 0 spiro atoms. The highest BCUT2D eigenvalue weighted by molar-refractivity contribution is 5.76. The average molecular weight is 430 g/mol. The van der Waals surface area contributed by atoms with E-state index in [9.17, 15) is 5.11 Å². The van der Waals surface area contributed by atoms with Crippen LogP contribution in [-0.4, -0.2) is 5.11 Å². The Hall–Kier alpha value is -3.20. The molecule has 3 aromatic rings. The molecule has 2 heterocycles. The summed E-state index contributed by atoms with van der Waals surface area (Å²) in [5.74, 6) is 2.20. The van der Waals surface area contributed by atoms with Gasteiger partial charge in [0.05, 0.1) is 10.8 Å². The van der Waals surface area contributed by atoms with E-state index in [1.165, 1.54) is 0 Å². The zero-order valence-corrected chi connectivity index (χ0v) is 20.3. The fourth-order valence-corrected chi connectivity index (χ4v) is 3.17. The lowest BCUT2D eigenvalue weighted by atomic mass is 9.88. The molecular formula is C29H35NO2+2. The second kappa shape index (κ2) is 9.12. The van der Waals surface area contributed by atoms with E-state index < -0.39 is 0 Å². The third-order valence-electron chi connectivity index (χ3n) is 5.27. The monoisotopic (exact) mass is 429 g/mol. The van der Waals surface area contributed by atoms with Crippen LogP contribution in [0.3, 0.4) is 0 Å². The quantitative estimate of drug-likeness (QED) is 0.357. The number of aryl methyl sites for hydroxylation is 1. The third kappa shape index (κ3) is 6.16. The van der Waals surface area contributed by atoms with Crippen LogP contribution in [0.1, 0.15) is 75.3 Å². The van der Waals surface area contributed by atoms with E-state index in [-0.39, 0.29) is 16.6 Å². The van der Waals surface area contributed by atoms with Gasteiger partial charge in [-0.3, -0.25) is 0 Å². The van der Waals surface area contributed by atoms with Crippen molar-refractivity contribution in [3.8, 4) is 5.75 Å². The molecule has 3 rings (SSSR count). The summed E-state index contributed by atoms with van der Waals surface area (Å²) in [5, 5.41) is 10.3. The Labute approximate surface area is 192 Å². The lowest BCUT2D eigenvalue weighted by Gasteiger charge is -2.14. The first-order chi connectivity index (χ1) is 14.9. The molecule has 3 heteroatoms. The van der Waals surface area contributed by atoms with Gasteiger partial charge < -0.3 is 5.11 Å². The molecule has 1 N–H and O–H groups in total. The molecule has 3 nitrogen and oxygen atoms in total. The van der Waals surface area contributed by atoms with Gasteiger partial charge in [-0.15, -0.1) is 0 Å². The summed E-state index contributed by atoms with van der Waals surface area (Å²) in [5.41, 5.74) is 3.85. The fraction of sp³-hybridized carbons (Fsp3) is 0.310. The number of benzene rings is 1. The van der Waals surface area contributed by atoms with Crippen molar-refractivity contribution in [2.24, 2.45) is 7.05 Å². The zero-order chi connectivity index (χ0) is 23.5. The largest absolute Gasteiger partial charge is 0.507 e. The number of hydrogen-bond donors (Lipinski definition) is 1. The van der Waals surface area contributed by atoms with E-state index in [1.54, 1.807) is 6.07 Å². The molecular weight excluding hydrogens is 394 g/mol. The second-order valence-corrected chi connectivity index (χ2v) is 10.4. The van der Waals surface area contributed by atoms with Gasteiger partial charge in [0, 0.05) is 29.8 Å². The summed E-state index contributed by atoms with van der Waals surface area (Å²) in [6.07, 6.45) is 12.1. The first kappa shape index (κ1) is 23.5. The summed E-state index contributed by atoms with van der Waals surface area (Å²) < 4.78 is 8.23. The Kier molecular flexibility index (Phi) is 6.68. The molecule has 0 fully saturated rings. The van der Waals surface area contributed by atoms with Crippen LogP contribution in [0.5, 0.6) is 5.75 Å². The highest BCUT2D eigenvalue weighted by Gasteiger charge is 2.33. The van der Waals surface area contributed by atoms with Gasteiger partial charge in [0.15, 0.2) is 12.4 Å². The topological polar surface area (TPSA) is 35.4 Å². The maximum Gasteiger partial charge on any atom is 0.335 e. The summed E-state index contributed by atoms with van der Waals surface area (Å²) in [4.78, 5) is 0. The molecule has 1 aromatic carbocycles. The molecule has 32 heavy (non-hydrogen) atoms. The van der Waals surface area contributed by atoms with Crippen molar-refractivity contribution >= 4 is 24.3 Å². The maximum atomic E-state index is 10.3. The van der Waals surface area contributed by atoms with Gasteiger partial charge in [-0.1, -0.05) is 30.4 Å². The molecule has 0 aliphatic rings. The van der Waals surface area contributed by atoms with Gasteiger partial charge in [0.2, 0.25) is 0 Å². The van der Waals surface area contributed by atoms with Crippen LogP contribution < -0.4 is 4.57 Å². The van der Waals surface area contributed by atoms with E-state index in [1.807, 2.05) is 60.4 Å². The van der Waals surface area contributed by atoms with Crippen molar-refractivity contribution in [1.82, 2.24) is 0 Å². The SMILES string of the molecule is C[n+]1ccc(C=Cc2cc(C=Cc3cc(C(C)(C)C)[o+]c(C(C)(C)C)c3)ccc2O)cc1. The van der Waals surface area contributed by atoms with Crippen molar-refractivity contribution in [3.63, 3.8) is 0 Å². The van der Waals surface area contributed by atoms with Gasteiger partial charge in [0.1, 0.15) is 12.8 Å². The Bertz CT molecular complexity index is 1110. The average Bonchev–Trinajstić information content (AvgIpc) is 2.72. The lowest BCUT2D eigenvalue weighted by molar-refractivity contribution is -0.671. The molecule has 0 saturated heterocycles. The van der Waals surface area contributed by atoms with E-state index in [4.69, 9.17) is 4.42 Å². The molecule has 0 unspecified atom stereocenters. The molecule has 0 saturated carbocycles. The summed E-state index contributed by atoms with van der Waals surface area (Å²) in [7, 11) is 1.99. The Morgan fingerprint density at radius 3 is 1.78 bits per heavy atom. The van der Waals surface area contributed by atoms with Crippen molar-refractivity contribution in [3.05, 3.63) is 88.6 Å². The summed E-state index contributed by atoms with van der Waals surface area (Å²) in [6.45, 7) is 13.0. The van der Waals surface area contributed by atoms with Crippen LogP contribution in [0.25, 0.3) is 24.3 Å². The predicted octanol–water partition coefficient (Wildman–Crippen LogP) is 7.03. The highest BCUT2D eigenvalue weighted by atomic mass is 16.3. The van der Waals surface area contributed by atoms with Crippen LogP contribution in [-0.2, 0) is 17.9 Å². The predicted molar refractivity (Wildman–Crippen MR) is 134 cm³/mol. The smallest absolute Gasteiger partial charge is 0.335 e. The zero-order valence-electron chi connectivity index (χ0n) is 20.3. The Morgan fingerprint density at radius 1 is 0.688 bits per heavy atom. The van der Waals surface area contributed by atoms with Crippen LogP contribution in [0.2, 0.25) is 0 Å². The number of phenolic OH excluding ortho intramolecular Hbond substituents is 1. The minimum Gasteiger partial charge on any atom is -0.507 e. The van der Waals surface area contributed by atoms with E-state index in [0.717, 1.165) is 33.8 Å². The molecule has 0 aliphatic carbocycles.